The van der Waals surface area contributed by atoms with E-state index in [1.807, 2.05) is 24.3 Å². The van der Waals surface area contributed by atoms with Crippen molar-refractivity contribution in [2.75, 3.05) is 0 Å². The Morgan fingerprint density at radius 2 is 1.50 bits per heavy atom. The van der Waals surface area contributed by atoms with Crippen molar-refractivity contribution in [3.63, 3.8) is 0 Å². The third-order valence-corrected chi connectivity index (χ3v) is 4.20. The van der Waals surface area contributed by atoms with E-state index in [1.165, 1.54) is 0 Å². The first-order chi connectivity index (χ1) is 9.39. The summed E-state index contributed by atoms with van der Waals surface area (Å²) in [7, 11) is -0.323. The van der Waals surface area contributed by atoms with Gasteiger partial charge >= 0.3 is 7.12 Å². The van der Waals surface area contributed by atoms with Crippen molar-refractivity contribution >= 4 is 12.6 Å². The Balaban J connectivity index is 1.83. The highest BCUT2D eigenvalue weighted by Crippen LogP contribution is 2.36. The molecule has 1 aromatic heterocycles. The normalized spacial score (nSPS) is 20.3. The second-order valence-corrected chi connectivity index (χ2v) is 6.12. The Bertz CT molecular complexity index is 574. The van der Waals surface area contributed by atoms with E-state index in [0.29, 0.717) is 0 Å². The fourth-order valence-corrected chi connectivity index (χ4v) is 2.16. The molecule has 0 radical (unpaired) electrons. The Kier molecular flexibility index (Phi) is 2.99. The standard InChI is InChI=1S/C15H18BNO3/c1-14(2)15(3,4)20-16(19-14)13-7-5-11(6-8-13)12-9-17-18-10-12/h5-10H,1-4H3. The summed E-state index contributed by atoms with van der Waals surface area (Å²) >= 11 is 0. The van der Waals surface area contributed by atoms with E-state index in [0.717, 1.165) is 16.6 Å². The molecule has 1 aliphatic rings. The van der Waals surface area contributed by atoms with Crippen molar-refractivity contribution in [1.82, 2.24) is 5.16 Å². The number of aromatic nitrogens is 1. The number of rotatable bonds is 2. The summed E-state index contributed by atoms with van der Waals surface area (Å²) in [5, 5.41) is 3.71. The quantitative estimate of drug-likeness (QED) is 0.787. The molecule has 2 aromatic rings. The molecular formula is C15H18BNO3. The zero-order valence-corrected chi connectivity index (χ0v) is 12.2. The largest absolute Gasteiger partial charge is 0.494 e. The number of benzene rings is 1. The topological polar surface area (TPSA) is 44.5 Å². The molecule has 2 heterocycles. The second kappa shape index (κ2) is 4.47. The highest BCUT2D eigenvalue weighted by atomic mass is 16.7. The van der Waals surface area contributed by atoms with E-state index < -0.39 is 0 Å². The highest BCUT2D eigenvalue weighted by Gasteiger charge is 2.51. The SMILES string of the molecule is CC1(C)OB(c2ccc(-c3cnoc3)cc2)OC1(C)C. The average Bonchev–Trinajstić information content (AvgIpc) is 2.97. The molecule has 0 atom stereocenters. The van der Waals surface area contributed by atoms with Gasteiger partial charge in [-0.3, -0.25) is 0 Å². The fourth-order valence-electron chi connectivity index (χ4n) is 2.16. The summed E-state index contributed by atoms with van der Waals surface area (Å²) in [5.74, 6) is 0. The van der Waals surface area contributed by atoms with Gasteiger partial charge in [0.05, 0.1) is 17.4 Å². The molecule has 0 bridgehead atoms. The van der Waals surface area contributed by atoms with Gasteiger partial charge in [-0.2, -0.15) is 0 Å². The van der Waals surface area contributed by atoms with E-state index in [4.69, 9.17) is 13.8 Å². The number of hydrogen-bond acceptors (Lipinski definition) is 4. The van der Waals surface area contributed by atoms with Crippen molar-refractivity contribution < 1.29 is 13.8 Å². The van der Waals surface area contributed by atoms with E-state index in [9.17, 15) is 0 Å². The third-order valence-electron chi connectivity index (χ3n) is 4.20. The van der Waals surface area contributed by atoms with Crippen molar-refractivity contribution in [1.29, 1.82) is 0 Å². The maximum absolute atomic E-state index is 6.03. The number of hydrogen-bond donors (Lipinski definition) is 0. The molecule has 20 heavy (non-hydrogen) atoms. The molecule has 0 saturated carbocycles. The molecule has 1 aromatic carbocycles. The van der Waals surface area contributed by atoms with Crippen LogP contribution in [0.4, 0.5) is 0 Å². The van der Waals surface area contributed by atoms with Crippen LogP contribution < -0.4 is 5.46 Å². The second-order valence-electron chi connectivity index (χ2n) is 6.12. The Morgan fingerprint density at radius 3 is 2.00 bits per heavy atom. The highest BCUT2D eigenvalue weighted by molar-refractivity contribution is 6.62. The first-order valence-corrected chi connectivity index (χ1v) is 6.74. The summed E-state index contributed by atoms with van der Waals surface area (Å²) in [5.41, 5.74) is 2.41. The van der Waals surface area contributed by atoms with Gasteiger partial charge in [0.2, 0.25) is 0 Å². The Labute approximate surface area is 119 Å². The first kappa shape index (κ1) is 13.4. The fraction of sp³-hybridized carbons (Fsp3) is 0.400. The lowest BCUT2D eigenvalue weighted by atomic mass is 9.78. The van der Waals surface area contributed by atoms with E-state index in [2.05, 4.69) is 32.9 Å². The van der Waals surface area contributed by atoms with Gasteiger partial charge in [-0.05, 0) is 38.7 Å². The molecule has 0 amide bonds. The molecule has 104 valence electrons. The molecule has 4 nitrogen and oxygen atoms in total. The van der Waals surface area contributed by atoms with Crippen LogP contribution >= 0.6 is 0 Å². The van der Waals surface area contributed by atoms with Crippen molar-refractivity contribution in [3.05, 3.63) is 36.7 Å². The summed E-state index contributed by atoms with van der Waals surface area (Å²) < 4.78 is 16.9. The molecule has 3 rings (SSSR count). The molecule has 0 aliphatic carbocycles. The summed E-state index contributed by atoms with van der Waals surface area (Å²) in [6.45, 7) is 8.22. The zero-order valence-electron chi connectivity index (χ0n) is 12.2. The Morgan fingerprint density at radius 1 is 0.900 bits per heavy atom. The van der Waals surface area contributed by atoms with Gasteiger partial charge in [-0.25, -0.2) is 0 Å². The van der Waals surface area contributed by atoms with Crippen molar-refractivity contribution in [2.24, 2.45) is 0 Å². The predicted octanol–water partition coefficient (Wildman–Crippen LogP) is 2.64. The molecule has 5 heteroatoms. The van der Waals surface area contributed by atoms with Crippen molar-refractivity contribution in [2.45, 2.75) is 38.9 Å². The lowest BCUT2D eigenvalue weighted by Gasteiger charge is -2.32. The minimum Gasteiger partial charge on any atom is -0.399 e. The smallest absolute Gasteiger partial charge is 0.399 e. The van der Waals surface area contributed by atoms with Crippen LogP contribution in [0.15, 0.2) is 41.2 Å². The maximum Gasteiger partial charge on any atom is 0.494 e. The molecule has 0 unspecified atom stereocenters. The first-order valence-electron chi connectivity index (χ1n) is 6.74. The predicted molar refractivity (Wildman–Crippen MR) is 77.7 cm³/mol. The lowest BCUT2D eigenvalue weighted by molar-refractivity contribution is 0.00578. The monoisotopic (exact) mass is 271 g/mol. The third kappa shape index (κ3) is 2.17. The summed E-state index contributed by atoms with van der Waals surface area (Å²) in [6.07, 6.45) is 3.33. The van der Waals surface area contributed by atoms with E-state index in [1.54, 1.807) is 12.5 Å². The van der Waals surface area contributed by atoms with Gasteiger partial charge in [0.1, 0.15) is 6.26 Å². The molecule has 0 spiro atoms. The lowest BCUT2D eigenvalue weighted by Crippen LogP contribution is -2.41. The minimum atomic E-state index is -0.323. The molecular weight excluding hydrogens is 253 g/mol. The van der Waals surface area contributed by atoms with Crippen LogP contribution in [0.25, 0.3) is 11.1 Å². The number of nitrogens with zero attached hydrogens (tertiary/aromatic N) is 1. The summed E-state index contributed by atoms with van der Waals surface area (Å²) in [4.78, 5) is 0. The van der Waals surface area contributed by atoms with E-state index >= 15 is 0 Å². The van der Waals surface area contributed by atoms with Gasteiger partial charge in [-0.1, -0.05) is 29.4 Å². The van der Waals surface area contributed by atoms with Gasteiger partial charge in [0.15, 0.2) is 0 Å². The minimum absolute atomic E-state index is 0.315. The Hall–Kier alpha value is -1.59. The van der Waals surface area contributed by atoms with Crippen LogP contribution in [0.3, 0.4) is 0 Å². The van der Waals surface area contributed by atoms with Crippen LogP contribution in [0.1, 0.15) is 27.7 Å². The molecule has 1 saturated heterocycles. The van der Waals surface area contributed by atoms with Gasteiger partial charge in [0.25, 0.3) is 0 Å². The van der Waals surface area contributed by atoms with Gasteiger partial charge in [0, 0.05) is 5.56 Å². The van der Waals surface area contributed by atoms with Crippen LogP contribution in [-0.4, -0.2) is 23.5 Å². The molecule has 1 aliphatic heterocycles. The van der Waals surface area contributed by atoms with Gasteiger partial charge < -0.3 is 13.8 Å². The van der Waals surface area contributed by atoms with Crippen LogP contribution in [0.5, 0.6) is 0 Å². The van der Waals surface area contributed by atoms with Crippen LogP contribution in [0.2, 0.25) is 0 Å². The average molecular weight is 271 g/mol. The summed E-state index contributed by atoms with van der Waals surface area (Å²) in [6, 6.07) is 8.08. The molecule has 1 fully saturated rings. The van der Waals surface area contributed by atoms with Gasteiger partial charge in [-0.15, -0.1) is 0 Å². The van der Waals surface area contributed by atoms with E-state index in [-0.39, 0.29) is 18.3 Å². The van der Waals surface area contributed by atoms with Crippen LogP contribution in [-0.2, 0) is 9.31 Å². The van der Waals surface area contributed by atoms with Crippen LogP contribution in [0, 0.1) is 0 Å². The van der Waals surface area contributed by atoms with Crippen molar-refractivity contribution in [3.8, 4) is 11.1 Å². The zero-order chi connectivity index (χ0) is 14.4. The molecule has 0 N–H and O–H groups in total. The maximum atomic E-state index is 6.03.